The third-order valence-corrected chi connectivity index (χ3v) is 3.13. The van der Waals surface area contributed by atoms with Crippen molar-refractivity contribution in [3.05, 3.63) is 23.8 Å². The zero-order chi connectivity index (χ0) is 9.14. The Kier molecular flexibility index (Phi) is 3.13. The van der Waals surface area contributed by atoms with Crippen molar-refractivity contribution in [1.82, 2.24) is 0 Å². The van der Waals surface area contributed by atoms with Gasteiger partial charge in [-0.05, 0) is 44.9 Å². The molecule has 1 rings (SSSR count). The maximum atomic E-state index is 4.04. The molecule has 0 spiro atoms. The average Bonchev–Trinajstić information content (AvgIpc) is 2.05. The van der Waals surface area contributed by atoms with Crippen molar-refractivity contribution >= 4 is 0 Å². The molecule has 0 amide bonds. The van der Waals surface area contributed by atoms with Crippen molar-refractivity contribution in [2.24, 2.45) is 11.8 Å². The quantitative estimate of drug-likeness (QED) is 0.542. The van der Waals surface area contributed by atoms with E-state index >= 15 is 0 Å². The van der Waals surface area contributed by atoms with Gasteiger partial charge in [0, 0.05) is 0 Å². The molecule has 0 aromatic carbocycles. The fourth-order valence-corrected chi connectivity index (χ4v) is 2.01. The Morgan fingerprint density at radius 1 is 1.67 bits per heavy atom. The van der Waals surface area contributed by atoms with Gasteiger partial charge in [0.1, 0.15) is 0 Å². The molecule has 0 N–H and O–H groups in total. The SMILES string of the molecule is C=C(C)[C@@H]1CC=C(C)[C@@H](CC)C1. The van der Waals surface area contributed by atoms with Crippen LogP contribution in [0, 0.1) is 11.8 Å². The highest BCUT2D eigenvalue weighted by molar-refractivity contribution is 5.13. The minimum absolute atomic E-state index is 0.749. The van der Waals surface area contributed by atoms with Crippen molar-refractivity contribution < 1.29 is 0 Å². The molecule has 1 aliphatic rings. The zero-order valence-corrected chi connectivity index (χ0v) is 8.56. The van der Waals surface area contributed by atoms with Gasteiger partial charge in [0.2, 0.25) is 0 Å². The molecule has 0 heterocycles. The first kappa shape index (κ1) is 9.57. The second-order valence-electron chi connectivity index (χ2n) is 4.07. The third kappa shape index (κ3) is 2.00. The molecular formula is C12H20. The Balaban J connectivity index is 2.64. The number of hydrogen-bond acceptors (Lipinski definition) is 0. The van der Waals surface area contributed by atoms with Gasteiger partial charge in [-0.2, -0.15) is 0 Å². The highest BCUT2D eigenvalue weighted by atomic mass is 14.3. The van der Waals surface area contributed by atoms with Crippen molar-refractivity contribution in [1.29, 1.82) is 0 Å². The highest BCUT2D eigenvalue weighted by Gasteiger charge is 2.20. The molecule has 0 saturated heterocycles. The fourth-order valence-electron chi connectivity index (χ4n) is 2.01. The topological polar surface area (TPSA) is 0 Å². The van der Waals surface area contributed by atoms with E-state index in [2.05, 4.69) is 33.4 Å². The van der Waals surface area contributed by atoms with Gasteiger partial charge in [-0.3, -0.25) is 0 Å². The summed E-state index contributed by atoms with van der Waals surface area (Å²) < 4.78 is 0. The molecule has 12 heavy (non-hydrogen) atoms. The van der Waals surface area contributed by atoms with Gasteiger partial charge in [-0.15, -0.1) is 0 Å². The Morgan fingerprint density at radius 3 is 2.83 bits per heavy atom. The Hall–Kier alpha value is -0.520. The van der Waals surface area contributed by atoms with E-state index < -0.39 is 0 Å². The van der Waals surface area contributed by atoms with Crippen LogP contribution in [0.3, 0.4) is 0 Å². The molecule has 0 aliphatic heterocycles. The first-order valence-corrected chi connectivity index (χ1v) is 4.97. The lowest BCUT2D eigenvalue weighted by molar-refractivity contribution is 0.416. The molecule has 0 bridgehead atoms. The van der Waals surface area contributed by atoms with Crippen LogP contribution in [0.25, 0.3) is 0 Å². The van der Waals surface area contributed by atoms with E-state index in [4.69, 9.17) is 0 Å². The molecule has 2 atom stereocenters. The first-order valence-electron chi connectivity index (χ1n) is 4.97. The predicted molar refractivity (Wildman–Crippen MR) is 55.1 cm³/mol. The van der Waals surface area contributed by atoms with Crippen LogP contribution < -0.4 is 0 Å². The zero-order valence-electron chi connectivity index (χ0n) is 8.56. The summed E-state index contributed by atoms with van der Waals surface area (Å²) in [6.07, 6.45) is 6.23. The van der Waals surface area contributed by atoms with E-state index in [1.165, 1.54) is 24.8 Å². The van der Waals surface area contributed by atoms with Crippen LogP contribution in [0.4, 0.5) is 0 Å². The van der Waals surface area contributed by atoms with Gasteiger partial charge in [-0.1, -0.05) is 30.7 Å². The van der Waals surface area contributed by atoms with Crippen LogP contribution in [0.2, 0.25) is 0 Å². The smallest absolute Gasteiger partial charge is 0.0168 e. The normalized spacial score (nSPS) is 29.8. The second kappa shape index (κ2) is 3.93. The van der Waals surface area contributed by atoms with Gasteiger partial charge in [-0.25, -0.2) is 0 Å². The maximum Gasteiger partial charge on any atom is -0.0168 e. The Labute approximate surface area is 76.4 Å². The van der Waals surface area contributed by atoms with Crippen LogP contribution in [0.15, 0.2) is 23.8 Å². The summed E-state index contributed by atoms with van der Waals surface area (Å²) in [4.78, 5) is 0. The largest absolute Gasteiger partial charge is 0.0998 e. The minimum Gasteiger partial charge on any atom is -0.0998 e. The molecule has 0 unspecified atom stereocenters. The lowest BCUT2D eigenvalue weighted by Gasteiger charge is -2.28. The monoisotopic (exact) mass is 164 g/mol. The Bertz CT molecular complexity index is 198. The molecule has 0 heteroatoms. The molecule has 0 nitrogen and oxygen atoms in total. The van der Waals surface area contributed by atoms with E-state index in [0.717, 1.165) is 11.8 Å². The van der Waals surface area contributed by atoms with Crippen molar-refractivity contribution in [3.8, 4) is 0 Å². The fraction of sp³-hybridized carbons (Fsp3) is 0.667. The van der Waals surface area contributed by atoms with Crippen LogP contribution in [-0.2, 0) is 0 Å². The van der Waals surface area contributed by atoms with E-state index in [0.29, 0.717) is 0 Å². The van der Waals surface area contributed by atoms with Gasteiger partial charge in [0.25, 0.3) is 0 Å². The van der Waals surface area contributed by atoms with Gasteiger partial charge in [0.15, 0.2) is 0 Å². The van der Waals surface area contributed by atoms with E-state index in [1.807, 2.05) is 0 Å². The number of allylic oxidation sites excluding steroid dienone is 3. The summed E-state index contributed by atoms with van der Waals surface area (Å²) in [5.41, 5.74) is 2.95. The Morgan fingerprint density at radius 2 is 2.33 bits per heavy atom. The molecule has 68 valence electrons. The van der Waals surface area contributed by atoms with E-state index in [1.54, 1.807) is 5.57 Å². The molecule has 0 radical (unpaired) electrons. The van der Waals surface area contributed by atoms with Crippen LogP contribution >= 0.6 is 0 Å². The molecule has 0 fully saturated rings. The lowest BCUT2D eigenvalue weighted by Crippen LogP contribution is -2.14. The van der Waals surface area contributed by atoms with Gasteiger partial charge < -0.3 is 0 Å². The van der Waals surface area contributed by atoms with Gasteiger partial charge in [0.05, 0.1) is 0 Å². The third-order valence-electron chi connectivity index (χ3n) is 3.13. The summed E-state index contributed by atoms with van der Waals surface area (Å²) in [6, 6.07) is 0. The molecule has 0 saturated carbocycles. The van der Waals surface area contributed by atoms with Crippen molar-refractivity contribution in [2.75, 3.05) is 0 Å². The van der Waals surface area contributed by atoms with E-state index in [-0.39, 0.29) is 0 Å². The van der Waals surface area contributed by atoms with Crippen molar-refractivity contribution in [2.45, 2.75) is 40.0 Å². The summed E-state index contributed by atoms with van der Waals surface area (Å²) in [6.45, 7) is 10.7. The summed E-state index contributed by atoms with van der Waals surface area (Å²) in [5, 5.41) is 0. The standard InChI is InChI=1S/C12H20/c1-5-11-8-12(9(2)3)7-6-10(11)4/h6,11-12H,2,5,7-8H2,1,3-4H3/t11-,12+/m0/s1. The van der Waals surface area contributed by atoms with Gasteiger partial charge >= 0.3 is 0 Å². The number of rotatable bonds is 2. The highest BCUT2D eigenvalue weighted by Crippen LogP contribution is 2.34. The molecule has 0 aromatic rings. The maximum absolute atomic E-state index is 4.04. The summed E-state index contributed by atoms with van der Waals surface area (Å²) in [7, 11) is 0. The summed E-state index contributed by atoms with van der Waals surface area (Å²) >= 11 is 0. The van der Waals surface area contributed by atoms with Crippen LogP contribution in [0.1, 0.15) is 40.0 Å². The predicted octanol–water partition coefficient (Wildman–Crippen LogP) is 3.95. The average molecular weight is 164 g/mol. The number of hydrogen-bond donors (Lipinski definition) is 0. The second-order valence-corrected chi connectivity index (χ2v) is 4.07. The minimum atomic E-state index is 0.749. The molecule has 0 aromatic heterocycles. The lowest BCUT2D eigenvalue weighted by atomic mass is 9.78. The van der Waals surface area contributed by atoms with Crippen molar-refractivity contribution in [3.63, 3.8) is 0 Å². The van der Waals surface area contributed by atoms with E-state index in [9.17, 15) is 0 Å². The van der Waals surface area contributed by atoms with Crippen LogP contribution in [0.5, 0.6) is 0 Å². The first-order chi connectivity index (χ1) is 5.65. The molecule has 1 aliphatic carbocycles. The summed E-state index contributed by atoms with van der Waals surface area (Å²) in [5.74, 6) is 1.57. The van der Waals surface area contributed by atoms with Crippen LogP contribution in [-0.4, -0.2) is 0 Å². The molecular weight excluding hydrogens is 144 g/mol.